The van der Waals surface area contributed by atoms with Crippen LogP contribution in [0.25, 0.3) is 0 Å². The van der Waals surface area contributed by atoms with Gasteiger partial charge in [-0.3, -0.25) is 4.79 Å². The van der Waals surface area contributed by atoms with E-state index >= 15 is 0 Å². The Kier molecular flexibility index (Phi) is 3.76. The highest BCUT2D eigenvalue weighted by Crippen LogP contribution is 2.29. The predicted octanol–water partition coefficient (Wildman–Crippen LogP) is 3.30. The van der Waals surface area contributed by atoms with E-state index in [4.69, 9.17) is 4.84 Å². The van der Waals surface area contributed by atoms with Gasteiger partial charge in [0.2, 0.25) is 6.10 Å². The van der Waals surface area contributed by atoms with Crippen molar-refractivity contribution in [2.45, 2.75) is 25.4 Å². The van der Waals surface area contributed by atoms with E-state index in [0.29, 0.717) is 24.2 Å². The molecule has 2 aromatic rings. The fraction of sp³-hybridized carbons (Fsp3) is 0.263. The molecule has 24 heavy (non-hydrogen) atoms. The van der Waals surface area contributed by atoms with Crippen LogP contribution in [-0.4, -0.2) is 24.3 Å². The molecule has 122 valence electrons. The molecule has 0 spiro atoms. The second-order valence-corrected chi connectivity index (χ2v) is 6.04. The zero-order valence-electron chi connectivity index (χ0n) is 13.1. The van der Waals surface area contributed by atoms with Crippen LogP contribution in [0.1, 0.15) is 24.0 Å². The summed E-state index contributed by atoms with van der Waals surface area (Å²) in [4.78, 5) is 20.0. The Morgan fingerprint density at radius 2 is 1.96 bits per heavy atom. The number of anilines is 1. The maximum Gasteiger partial charge on any atom is 0.271 e. The summed E-state index contributed by atoms with van der Waals surface area (Å²) < 4.78 is 13.9. The number of nitrogens with zero attached hydrogens (tertiary/aromatic N) is 2. The molecule has 0 bridgehead atoms. The number of amides is 1. The third-order valence-electron chi connectivity index (χ3n) is 4.51. The third kappa shape index (κ3) is 2.56. The van der Waals surface area contributed by atoms with Crippen LogP contribution in [-0.2, 0) is 16.1 Å². The first-order valence-corrected chi connectivity index (χ1v) is 8.11. The Balaban J connectivity index is 1.53. The van der Waals surface area contributed by atoms with Crippen LogP contribution < -0.4 is 4.90 Å². The van der Waals surface area contributed by atoms with Crippen LogP contribution in [0.4, 0.5) is 10.1 Å². The standard InChI is InChI=1S/C19H17FN2O2/c20-15-9-3-2-8-14(15)16-12-18(24-21-16)19(23)22-11-5-7-13-6-1-4-10-17(13)22/h1-4,6,8-10,18H,5,7,11-12H2/t18-/m1/s1. The molecule has 0 aromatic heterocycles. The number of halogens is 1. The average Bonchev–Trinajstić information content (AvgIpc) is 3.11. The third-order valence-corrected chi connectivity index (χ3v) is 4.51. The molecule has 2 aliphatic rings. The largest absolute Gasteiger partial charge is 0.382 e. The minimum Gasteiger partial charge on any atom is -0.382 e. The normalized spacial score (nSPS) is 19.5. The molecular weight excluding hydrogens is 307 g/mol. The summed E-state index contributed by atoms with van der Waals surface area (Å²) in [5.41, 5.74) is 2.99. The summed E-state index contributed by atoms with van der Waals surface area (Å²) in [6.45, 7) is 0.671. The van der Waals surface area contributed by atoms with Crippen LogP contribution >= 0.6 is 0 Å². The molecule has 1 amide bonds. The first kappa shape index (κ1) is 14.9. The van der Waals surface area contributed by atoms with Gasteiger partial charge in [0.25, 0.3) is 5.91 Å². The predicted molar refractivity (Wildman–Crippen MR) is 89.5 cm³/mol. The van der Waals surface area contributed by atoms with Crippen molar-refractivity contribution < 1.29 is 14.0 Å². The minimum atomic E-state index is -0.689. The van der Waals surface area contributed by atoms with Crippen LogP contribution in [0.5, 0.6) is 0 Å². The highest BCUT2D eigenvalue weighted by Gasteiger charge is 2.35. The maximum absolute atomic E-state index is 13.9. The van der Waals surface area contributed by atoms with Crippen molar-refractivity contribution in [3.63, 3.8) is 0 Å². The molecule has 0 saturated heterocycles. The van der Waals surface area contributed by atoms with E-state index in [1.807, 2.05) is 24.3 Å². The molecule has 1 atom stereocenters. The van der Waals surface area contributed by atoms with Crippen molar-refractivity contribution in [3.8, 4) is 0 Å². The van der Waals surface area contributed by atoms with E-state index < -0.39 is 6.10 Å². The quantitative estimate of drug-likeness (QED) is 0.850. The van der Waals surface area contributed by atoms with Gasteiger partial charge in [-0.05, 0) is 30.5 Å². The van der Waals surface area contributed by atoms with E-state index in [2.05, 4.69) is 5.16 Å². The number of benzene rings is 2. The van der Waals surface area contributed by atoms with Gasteiger partial charge in [-0.1, -0.05) is 41.6 Å². The van der Waals surface area contributed by atoms with Crippen molar-refractivity contribution in [2.24, 2.45) is 5.16 Å². The second-order valence-electron chi connectivity index (χ2n) is 6.04. The zero-order chi connectivity index (χ0) is 16.5. The molecule has 0 N–H and O–H groups in total. The lowest BCUT2D eigenvalue weighted by Gasteiger charge is -2.30. The number of carbonyl (C=O) groups is 1. The molecule has 0 unspecified atom stereocenters. The number of hydrogen-bond donors (Lipinski definition) is 0. The van der Waals surface area contributed by atoms with E-state index in [1.54, 1.807) is 23.1 Å². The number of carbonyl (C=O) groups excluding carboxylic acids is 1. The molecule has 0 saturated carbocycles. The van der Waals surface area contributed by atoms with Gasteiger partial charge in [0.15, 0.2) is 0 Å². The fourth-order valence-electron chi connectivity index (χ4n) is 3.30. The average molecular weight is 324 g/mol. The summed E-state index contributed by atoms with van der Waals surface area (Å²) in [5.74, 6) is -0.464. The number of hydrogen-bond acceptors (Lipinski definition) is 3. The first-order valence-electron chi connectivity index (χ1n) is 8.11. The number of aryl methyl sites for hydroxylation is 1. The van der Waals surface area contributed by atoms with Crippen LogP contribution in [0.3, 0.4) is 0 Å². The molecule has 4 nitrogen and oxygen atoms in total. The van der Waals surface area contributed by atoms with Gasteiger partial charge in [-0.15, -0.1) is 0 Å². The number of fused-ring (bicyclic) bond motifs is 1. The summed E-state index contributed by atoms with van der Waals surface area (Å²) in [7, 11) is 0. The lowest BCUT2D eigenvalue weighted by molar-refractivity contribution is -0.128. The smallest absolute Gasteiger partial charge is 0.271 e. The van der Waals surface area contributed by atoms with Crippen LogP contribution in [0.2, 0.25) is 0 Å². The van der Waals surface area contributed by atoms with Gasteiger partial charge in [-0.2, -0.15) is 0 Å². The molecular formula is C19H17FN2O2. The van der Waals surface area contributed by atoms with Crippen molar-refractivity contribution >= 4 is 17.3 Å². The highest BCUT2D eigenvalue weighted by molar-refractivity contribution is 6.07. The topological polar surface area (TPSA) is 41.9 Å². The van der Waals surface area contributed by atoms with Gasteiger partial charge in [0, 0.05) is 24.2 Å². The second kappa shape index (κ2) is 6.07. The summed E-state index contributed by atoms with van der Waals surface area (Å²) in [6.07, 6.45) is 1.50. The molecule has 0 aliphatic carbocycles. The van der Waals surface area contributed by atoms with Crippen molar-refractivity contribution in [1.82, 2.24) is 0 Å². The maximum atomic E-state index is 13.9. The van der Waals surface area contributed by atoms with E-state index in [0.717, 1.165) is 18.5 Å². The summed E-state index contributed by atoms with van der Waals surface area (Å²) >= 11 is 0. The van der Waals surface area contributed by atoms with Crippen LogP contribution in [0.15, 0.2) is 53.7 Å². The Morgan fingerprint density at radius 3 is 2.83 bits per heavy atom. The lowest BCUT2D eigenvalue weighted by atomic mass is 9.99. The van der Waals surface area contributed by atoms with Gasteiger partial charge in [0.1, 0.15) is 5.82 Å². The molecule has 2 heterocycles. The van der Waals surface area contributed by atoms with Gasteiger partial charge >= 0.3 is 0 Å². The molecule has 0 radical (unpaired) electrons. The molecule has 2 aromatic carbocycles. The number of para-hydroxylation sites is 1. The summed E-state index contributed by atoms with van der Waals surface area (Å²) in [5, 5.41) is 3.95. The number of oxime groups is 1. The van der Waals surface area contributed by atoms with E-state index in [1.165, 1.54) is 11.6 Å². The molecule has 2 aliphatic heterocycles. The zero-order valence-corrected chi connectivity index (χ0v) is 13.1. The fourth-order valence-corrected chi connectivity index (χ4v) is 3.30. The van der Waals surface area contributed by atoms with E-state index in [9.17, 15) is 9.18 Å². The first-order chi connectivity index (χ1) is 11.7. The van der Waals surface area contributed by atoms with Gasteiger partial charge in [0.05, 0.1) is 5.71 Å². The highest BCUT2D eigenvalue weighted by atomic mass is 19.1. The lowest BCUT2D eigenvalue weighted by Crippen LogP contribution is -2.42. The number of rotatable bonds is 2. The Hall–Kier alpha value is -2.69. The molecule has 4 rings (SSSR count). The Morgan fingerprint density at radius 1 is 1.17 bits per heavy atom. The van der Waals surface area contributed by atoms with Gasteiger partial charge < -0.3 is 9.74 Å². The SMILES string of the molecule is O=C([C@H]1CC(c2ccccc2F)=NO1)N1CCCc2ccccc21. The summed E-state index contributed by atoms with van der Waals surface area (Å²) in [6, 6.07) is 14.3. The van der Waals surface area contributed by atoms with Gasteiger partial charge in [-0.25, -0.2) is 4.39 Å². The van der Waals surface area contributed by atoms with Crippen molar-refractivity contribution in [3.05, 3.63) is 65.5 Å². The van der Waals surface area contributed by atoms with Crippen molar-refractivity contribution in [2.75, 3.05) is 11.4 Å². The van der Waals surface area contributed by atoms with Crippen LogP contribution in [0, 0.1) is 5.82 Å². The monoisotopic (exact) mass is 324 g/mol. The van der Waals surface area contributed by atoms with E-state index in [-0.39, 0.29) is 11.7 Å². The Labute approximate surface area is 139 Å². The van der Waals surface area contributed by atoms with Crippen molar-refractivity contribution in [1.29, 1.82) is 0 Å². The minimum absolute atomic E-state index is 0.114. The molecule has 5 heteroatoms. The molecule has 0 fully saturated rings. The Bertz CT molecular complexity index is 819.